The lowest BCUT2D eigenvalue weighted by molar-refractivity contribution is -0.145. The fraction of sp³-hybridized carbons (Fsp3) is 0.593. The highest BCUT2D eigenvalue weighted by Gasteiger charge is 2.51. The van der Waals surface area contributed by atoms with Crippen molar-refractivity contribution in [1.82, 2.24) is 4.90 Å². The lowest BCUT2D eigenvalue weighted by Crippen LogP contribution is -2.53. The molecule has 2 unspecified atom stereocenters. The van der Waals surface area contributed by atoms with E-state index in [9.17, 15) is 4.79 Å². The van der Waals surface area contributed by atoms with Gasteiger partial charge in [0.05, 0.1) is 5.92 Å². The second-order valence-electron chi connectivity index (χ2n) is 10.6. The highest BCUT2D eigenvalue weighted by atomic mass is 16.6. The fourth-order valence-corrected chi connectivity index (χ4v) is 6.51. The van der Waals surface area contributed by atoms with Gasteiger partial charge in [0.1, 0.15) is 6.10 Å². The Morgan fingerprint density at radius 1 is 1.23 bits per heavy atom. The lowest BCUT2D eigenvalue weighted by Gasteiger charge is -2.44. The number of ether oxygens (including phenoxy) is 1. The second-order valence-corrected chi connectivity index (χ2v) is 10.6. The van der Waals surface area contributed by atoms with Crippen molar-refractivity contribution >= 4 is 11.7 Å². The molecule has 0 radical (unpaired) electrons. The molecule has 4 aliphatic rings. The molecule has 2 heterocycles. The lowest BCUT2D eigenvalue weighted by atomic mass is 9.62. The van der Waals surface area contributed by atoms with Gasteiger partial charge in [-0.2, -0.15) is 0 Å². The summed E-state index contributed by atoms with van der Waals surface area (Å²) < 4.78 is 5.96. The van der Waals surface area contributed by atoms with Crippen LogP contribution in [0.15, 0.2) is 47.6 Å². The third-order valence-electron chi connectivity index (χ3n) is 8.20. The average molecular weight is 421 g/mol. The first-order valence-electron chi connectivity index (χ1n) is 12.0. The van der Waals surface area contributed by atoms with Gasteiger partial charge in [-0.15, -0.1) is 0 Å². The van der Waals surface area contributed by atoms with E-state index in [0.29, 0.717) is 6.04 Å². The van der Waals surface area contributed by atoms with Crippen molar-refractivity contribution < 1.29 is 9.53 Å². The molecule has 2 fully saturated rings. The van der Waals surface area contributed by atoms with E-state index in [4.69, 9.17) is 4.74 Å². The molecule has 2 aliphatic carbocycles. The summed E-state index contributed by atoms with van der Waals surface area (Å²) in [7, 11) is 0. The van der Waals surface area contributed by atoms with Crippen LogP contribution in [0.4, 0.5) is 5.69 Å². The minimum absolute atomic E-state index is 0.0181. The maximum Gasteiger partial charge on any atom is 0.311 e. The van der Waals surface area contributed by atoms with Crippen LogP contribution < -0.4 is 4.90 Å². The quantitative estimate of drug-likeness (QED) is 0.661. The first kappa shape index (κ1) is 20.8. The molecule has 0 aromatic heterocycles. The smallest absolute Gasteiger partial charge is 0.311 e. The molecule has 0 spiro atoms. The monoisotopic (exact) mass is 420 g/mol. The standard InChI is InChI=1S/C27H36N2O2/c1-18-7-5-9-21(13-18)29-12-11-28(16-20(29)3)17-23-22-14-24-19(2)8-6-10-27(24,4)15-25(22)31-26(23)30/h5,7-9,13-14,20,22-23,25H,6,10-12,15-17H2,1-4H3/t20?,22-,23?,25-,27-/m1/s1. The Kier molecular flexibility index (Phi) is 5.24. The zero-order valence-electron chi connectivity index (χ0n) is 19.4. The zero-order valence-corrected chi connectivity index (χ0v) is 19.4. The fourth-order valence-electron chi connectivity index (χ4n) is 6.51. The Balaban J connectivity index is 1.30. The van der Waals surface area contributed by atoms with E-state index in [2.05, 4.69) is 73.9 Å². The number of fused-ring (bicyclic) bond motifs is 2. The molecule has 5 atom stereocenters. The second kappa shape index (κ2) is 7.81. The maximum atomic E-state index is 12.9. The van der Waals surface area contributed by atoms with Crippen LogP contribution in [0.1, 0.15) is 45.6 Å². The summed E-state index contributed by atoms with van der Waals surface area (Å²) in [5.41, 5.74) is 5.66. The van der Waals surface area contributed by atoms with Crippen molar-refractivity contribution in [2.24, 2.45) is 17.3 Å². The minimum atomic E-state index is -0.0329. The summed E-state index contributed by atoms with van der Waals surface area (Å²) in [6.07, 6.45) is 8.13. The summed E-state index contributed by atoms with van der Waals surface area (Å²) >= 11 is 0. The number of hydrogen-bond donors (Lipinski definition) is 0. The van der Waals surface area contributed by atoms with Crippen LogP contribution in [-0.4, -0.2) is 49.2 Å². The number of hydrogen-bond acceptors (Lipinski definition) is 4. The van der Waals surface area contributed by atoms with Gasteiger partial charge in [0, 0.05) is 43.8 Å². The van der Waals surface area contributed by atoms with E-state index < -0.39 is 0 Å². The first-order chi connectivity index (χ1) is 14.8. The highest BCUT2D eigenvalue weighted by Crippen LogP contribution is 2.52. The van der Waals surface area contributed by atoms with E-state index in [1.54, 1.807) is 0 Å². The van der Waals surface area contributed by atoms with E-state index in [1.165, 1.54) is 28.8 Å². The molecule has 5 rings (SSSR count). The molecule has 4 nitrogen and oxygen atoms in total. The number of benzene rings is 1. The normalized spacial score (nSPS) is 35.7. The molecule has 1 aromatic rings. The van der Waals surface area contributed by atoms with Crippen molar-refractivity contribution in [2.45, 2.75) is 59.1 Å². The van der Waals surface area contributed by atoms with Crippen LogP contribution in [-0.2, 0) is 9.53 Å². The SMILES string of the molecule is CC1=CCC[C@]2(C)C[C@H]3OC(=O)C(CN4CCN(c5cccc(C)c5)C(C)C4)[C@H]3C=C12. The number of carbonyl (C=O) groups is 1. The third-order valence-corrected chi connectivity index (χ3v) is 8.20. The van der Waals surface area contributed by atoms with Crippen LogP contribution in [0, 0.1) is 24.2 Å². The highest BCUT2D eigenvalue weighted by molar-refractivity contribution is 5.76. The maximum absolute atomic E-state index is 12.9. The summed E-state index contributed by atoms with van der Waals surface area (Å²) in [6, 6.07) is 9.21. The number of allylic oxidation sites excluding steroid dienone is 3. The number of anilines is 1. The van der Waals surface area contributed by atoms with Gasteiger partial charge in [-0.05, 0) is 68.7 Å². The Bertz CT molecular complexity index is 935. The van der Waals surface area contributed by atoms with Gasteiger partial charge in [-0.3, -0.25) is 9.69 Å². The molecule has 0 bridgehead atoms. The zero-order chi connectivity index (χ0) is 21.8. The largest absolute Gasteiger partial charge is 0.461 e. The number of piperazine rings is 1. The molecule has 0 N–H and O–H groups in total. The molecule has 0 saturated carbocycles. The van der Waals surface area contributed by atoms with E-state index in [1.807, 2.05) is 0 Å². The van der Waals surface area contributed by atoms with E-state index >= 15 is 0 Å². The Labute approximate surface area is 186 Å². The first-order valence-corrected chi connectivity index (χ1v) is 12.0. The van der Waals surface area contributed by atoms with Crippen LogP contribution in [0.2, 0.25) is 0 Å². The topological polar surface area (TPSA) is 32.8 Å². The molecule has 2 aliphatic heterocycles. The predicted molar refractivity (Wildman–Crippen MR) is 125 cm³/mol. The number of nitrogens with zero attached hydrogens (tertiary/aromatic N) is 2. The molecule has 0 amide bonds. The van der Waals surface area contributed by atoms with Crippen LogP contribution in [0.25, 0.3) is 0 Å². The van der Waals surface area contributed by atoms with Crippen molar-refractivity contribution in [3.63, 3.8) is 0 Å². The Morgan fingerprint density at radius 3 is 2.84 bits per heavy atom. The number of aryl methyl sites for hydroxylation is 1. The number of rotatable bonds is 3. The Morgan fingerprint density at radius 2 is 2.06 bits per heavy atom. The average Bonchev–Trinajstić information content (AvgIpc) is 3.00. The Hall–Kier alpha value is -2.07. The van der Waals surface area contributed by atoms with Gasteiger partial charge in [0.25, 0.3) is 0 Å². The summed E-state index contributed by atoms with van der Waals surface area (Å²) in [6.45, 7) is 12.8. The van der Waals surface area contributed by atoms with Crippen molar-refractivity contribution in [2.75, 3.05) is 31.1 Å². The predicted octanol–water partition coefficient (Wildman–Crippen LogP) is 4.74. The summed E-state index contributed by atoms with van der Waals surface area (Å²) in [5.74, 6) is 0.209. The molecular weight excluding hydrogens is 384 g/mol. The molecule has 2 saturated heterocycles. The van der Waals surface area contributed by atoms with Crippen LogP contribution in [0.5, 0.6) is 0 Å². The number of carbonyl (C=O) groups excluding carboxylic acids is 1. The van der Waals surface area contributed by atoms with Gasteiger partial charge in [-0.25, -0.2) is 0 Å². The molecule has 31 heavy (non-hydrogen) atoms. The van der Waals surface area contributed by atoms with Gasteiger partial charge >= 0.3 is 5.97 Å². The van der Waals surface area contributed by atoms with Crippen molar-refractivity contribution in [3.8, 4) is 0 Å². The van der Waals surface area contributed by atoms with Gasteiger partial charge in [0.2, 0.25) is 0 Å². The molecule has 4 heteroatoms. The third kappa shape index (κ3) is 3.73. The molecular formula is C27H36N2O2. The molecule has 1 aromatic carbocycles. The molecule has 166 valence electrons. The van der Waals surface area contributed by atoms with Crippen LogP contribution >= 0.6 is 0 Å². The number of esters is 1. The summed E-state index contributed by atoms with van der Waals surface area (Å²) in [4.78, 5) is 17.9. The van der Waals surface area contributed by atoms with E-state index in [-0.39, 0.29) is 29.3 Å². The summed E-state index contributed by atoms with van der Waals surface area (Å²) in [5, 5.41) is 0. The van der Waals surface area contributed by atoms with Gasteiger partial charge < -0.3 is 9.64 Å². The van der Waals surface area contributed by atoms with Crippen molar-refractivity contribution in [3.05, 3.63) is 53.1 Å². The van der Waals surface area contributed by atoms with Crippen LogP contribution in [0.3, 0.4) is 0 Å². The van der Waals surface area contributed by atoms with E-state index in [0.717, 1.165) is 39.0 Å². The van der Waals surface area contributed by atoms with Gasteiger partial charge in [-0.1, -0.05) is 36.8 Å². The van der Waals surface area contributed by atoms with Gasteiger partial charge in [0.15, 0.2) is 0 Å². The van der Waals surface area contributed by atoms with Crippen molar-refractivity contribution in [1.29, 1.82) is 0 Å². The minimum Gasteiger partial charge on any atom is -0.461 e.